The van der Waals surface area contributed by atoms with Crippen LogP contribution in [0, 0.1) is 6.92 Å². The molecule has 0 saturated heterocycles. The molecule has 0 aliphatic heterocycles. The summed E-state index contributed by atoms with van der Waals surface area (Å²) < 4.78 is 12.0. The number of rotatable bonds is 4. The number of nitrogens with zero attached hydrogens (tertiary/aromatic N) is 4. The van der Waals surface area contributed by atoms with Gasteiger partial charge in [-0.25, -0.2) is 14.3 Å². The van der Waals surface area contributed by atoms with Gasteiger partial charge >= 0.3 is 11.6 Å². The fourth-order valence-corrected chi connectivity index (χ4v) is 2.89. The Kier molecular flexibility index (Phi) is 4.62. The van der Waals surface area contributed by atoms with Crippen LogP contribution in [0.2, 0.25) is 5.02 Å². The third-order valence-electron chi connectivity index (χ3n) is 4.18. The summed E-state index contributed by atoms with van der Waals surface area (Å²) >= 11 is 6.17. The van der Waals surface area contributed by atoms with E-state index in [2.05, 4.69) is 15.5 Å². The minimum Gasteiger partial charge on any atom is -0.457 e. The quantitative estimate of drug-likeness (QED) is 0.386. The number of fused-ring (bicyclic) bond motifs is 1. The molecule has 0 saturated carbocycles. The van der Waals surface area contributed by atoms with E-state index in [1.807, 2.05) is 6.92 Å². The van der Waals surface area contributed by atoms with Crippen molar-refractivity contribution in [3.63, 3.8) is 0 Å². The Hall–Kier alpha value is -3.52. The molecule has 0 aliphatic carbocycles. The summed E-state index contributed by atoms with van der Waals surface area (Å²) in [6.07, 6.45) is 1.45. The summed E-state index contributed by atoms with van der Waals surface area (Å²) in [5, 5.41) is 12.1. The predicted octanol–water partition coefficient (Wildman–Crippen LogP) is 3.09. The van der Waals surface area contributed by atoms with E-state index in [0.717, 1.165) is 5.56 Å². The Morgan fingerprint density at radius 3 is 2.71 bits per heavy atom. The highest BCUT2D eigenvalue weighted by Gasteiger charge is 2.12. The number of hydrogen-bond donors (Lipinski definition) is 0. The van der Waals surface area contributed by atoms with Crippen LogP contribution in [0.25, 0.3) is 16.7 Å². The van der Waals surface area contributed by atoms with Crippen LogP contribution in [0.1, 0.15) is 21.5 Å². The van der Waals surface area contributed by atoms with Crippen molar-refractivity contribution in [3.8, 4) is 5.69 Å². The van der Waals surface area contributed by atoms with E-state index in [1.54, 1.807) is 36.4 Å². The predicted molar refractivity (Wildman–Crippen MR) is 101 cm³/mol. The van der Waals surface area contributed by atoms with Gasteiger partial charge in [0.2, 0.25) is 0 Å². The Morgan fingerprint density at radius 1 is 1.21 bits per heavy atom. The van der Waals surface area contributed by atoms with Gasteiger partial charge in [-0.2, -0.15) is 0 Å². The van der Waals surface area contributed by atoms with Crippen molar-refractivity contribution in [1.82, 2.24) is 20.2 Å². The molecule has 0 N–H and O–H groups in total. The van der Waals surface area contributed by atoms with Crippen molar-refractivity contribution in [1.29, 1.82) is 0 Å². The number of hydrogen-bond acceptors (Lipinski definition) is 7. The van der Waals surface area contributed by atoms with Gasteiger partial charge in [0.25, 0.3) is 0 Å². The number of aryl methyl sites for hydroxylation is 1. The van der Waals surface area contributed by atoms with E-state index in [1.165, 1.54) is 17.1 Å². The number of tetrazole rings is 1. The molecule has 0 aliphatic rings. The molecule has 0 spiro atoms. The van der Waals surface area contributed by atoms with Crippen molar-refractivity contribution >= 4 is 28.5 Å². The number of carbonyl (C=O) groups is 1. The summed E-state index contributed by atoms with van der Waals surface area (Å²) in [5.41, 5.74) is 2.24. The molecule has 28 heavy (non-hydrogen) atoms. The monoisotopic (exact) mass is 396 g/mol. The third kappa shape index (κ3) is 3.49. The lowest BCUT2D eigenvalue weighted by atomic mass is 10.1. The zero-order chi connectivity index (χ0) is 19.7. The van der Waals surface area contributed by atoms with Crippen molar-refractivity contribution in [3.05, 3.63) is 80.9 Å². The molecule has 2 aromatic heterocycles. The van der Waals surface area contributed by atoms with Gasteiger partial charge in [-0.3, -0.25) is 0 Å². The van der Waals surface area contributed by atoms with Crippen molar-refractivity contribution in [2.75, 3.05) is 0 Å². The average molecular weight is 397 g/mol. The zero-order valence-electron chi connectivity index (χ0n) is 14.6. The van der Waals surface area contributed by atoms with Crippen LogP contribution >= 0.6 is 11.6 Å². The first-order valence-corrected chi connectivity index (χ1v) is 8.62. The minimum absolute atomic E-state index is 0.0882. The van der Waals surface area contributed by atoms with Gasteiger partial charge < -0.3 is 9.15 Å². The van der Waals surface area contributed by atoms with Crippen molar-refractivity contribution < 1.29 is 13.9 Å². The number of esters is 1. The summed E-state index contributed by atoms with van der Waals surface area (Å²) in [6, 6.07) is 11.3. The number of halogens is 1. The maximum Gasteiger partial charge on any atom is 0.338 e. The fraction of sp³-hybridized carbons (Fsp3) is 0.105. The SMILES string of the molecule is Cc1cc2oc(=O)cc(COC(=O)c3ccc(-n4cnnn4)cc3)c2cc1Cl. The van der Waals surface area contributed by atoms with Crippen LogP contribution < -0.4 is 5.63 Å². The van der Waals surface area contributed by atoms with E-state index in [0.29, 0.717) is 32.8 Å². The summed E-state index contributed by atoms with van der Waals surface area (Å²) in [7, 11) is 0. The molecule has 140 valence electrons. The molecular weight excluding hydrogens is 384 g/mol. The van der Waals surface area contributed by atoms with Crippen LogP contribution in [0.15, 0.2) is 58.0 Å². The first kappa shape index (κ1) is 17.9. The largest absolute Gasteiger partial charge is 0.457 e. The lowest BCUT2D eigenvalue weighted by Crippen LogP contribution is -2.08. The Morgan fingerprint density at radius 2 is 2.00 bits per heavy atom. The van der Waals surface area contributed by atoms with E-state index >= 15 is 0 Å². The maximum atomic E-state index is 12.4. The normalized spacial score (nSPS) is 10.9. The van der Waals surface area contributed by atoms with Crippen LogP contribution in [0.3, 0.4) is 0 Å². The summed E-state index contributed by atoms with van der Waals surface area (Å²) in [5.74, 6) is -0.525. The summed E-state index contributed by atoms with van der Waals surface area (Å²) in [6.45, 7) is 1.72. The Labute approximate surface area is 163 Å². The fourth-order valence-electron chi connectivity index (χ4n) is 2.72. The molecule has 0 unspecified atom stereocenters. The van der Waals surface area contributed by atoms with E-state index in [-0.39, 0.29) is 6.61 Å². The lowest BCUT2D eigenvalue weighted by Gasteiger charge is -2.09. The van der Waals surface area contributed by atoms with Gasteiger partial charge in [-0.15, -0.1) is 5.10 Å². The van der Waals surface area contributed by atoms with Crippen LogP contribution in [-0.2, 0) is 11.3 Å². The molecule has 0 atom stereocenters. The molecule has 0 radical (unpaired) electrons. The highest BCUT2D eigenvalue weighted by atomic mass is 35.5. The molecule has 9 heteroatoms. The van der Waals surface area contributed by atoms with E-state index in [9.17, 15) is 9.59 Å². The molecule has 4 aromatic rings. The second-order valence-corrected chi connectivity index (χ2v) is 6.47. The summed E-state index contributed by atoms with van der Waals surface area (Å²) in [4.78, 5) is 24.2. The first-order valence-electron chi connectivity index (χ1n) is 8.25. The second kappa shape index (κ2) is 7.24. The third-order valence-corrected chi connectivity index (χ3v) is 4.59. The van der Waals surface area contributed by atoms with Crippen molar-refractivity contribution in [2.45, 2.75) is 13.5 Å². The lowest BCUT2D eigenvalue weighted by molar-refractivity contribution is 0.0474. The van der Waals surface area contributed by atoms with E-state index < -0.39 is 11.6 Å². The Bertz CT molecular complexity index is 1220. The second-order valence-electron chi connectivity index (χ2n) is 6.07. The number of carbonyl (C=O) groups excluding carboxylic acids is 1. The number of aromatic nitrogens is 4. The standard InChI is InChI=1S/C19H13ClN4O4/c1-11-6-17-15(8-16(11)20)13(7-18(25)28-17)9-27-19(26)12-2-4-14(5-3-12)24-10-21-22-23-24/h2-8,10H,9H2,1H3. The Balaban J connectivity index is 1.55. The smallest absolute Gasteiger partial charge is 0.338 e. The molecular formula is C19H13ClN4O4. The van der Waals surface area contributed by atoms with E-state index in [4.69, 9.17) is 20.8 Å². The van der Waals surface area contributed by atoms with Gasteiger partial charge in [0, 0.05) is 22.0 Å². The highest BCUT2D eigenvalue weighted by Crippen LogP contribution is 2.25. The van der Waals surface area contributed by atoms with Gasteiger partial charge in [-0.05, 0) is 59.3 Å². The van der Waals surface area contributed by atoms with Crippen molar-refractivity contribution in [2.24, 2.45) is 0 Å². The zero-order valence-corrected chi connectivity index (χ0v) is 15.4. The molecule has 0 amide bonds. The molecule has 0 fully saturated rings. The molecule has 0 bridgehead atoms. The van der Waals surface area contributed by atoms with Gasteiger partial charge in [0.1, 0.15) is 18.5 Å². The highest BCUT2D eigenvalue weighted by molar-refractivity contribution is 6.32. The first-order chi connectivity index (χ1) is 13.5. The van der Waals surface area contributed by atoms with Crippen LogP contribution in [0.5, 0.6) is 0 Å². The van der Waals surface area contributed by atoms with Gasteiger partial charge in [-0.1, -0.05) is 11.6 Å². The van der Waals surface area contributed by atoms with Crippen LogP contribution in [0.4, 0.5) is 0 Å². The van der Waals surface area contributed by atoms with Gasteiger partial charge in [0.05, 0.1) is 11.3 Å². The molecule has 2 heterocycles. The van der Waals surface area contributed by atoms with Gasteiger partial charge in [0.15, 0.2) is 0 Å². The number of ether oxygens (including phenoxy) is 1. The number of benzene rings is 2. The molecule has 4 rings (SSSR count). The minimum atomic E-state index is -0.525. The molecule has 8 nitrogen and oxygen atoms in total. The van der Waals surface area contributed by atoms with Crippen LogP contribution in [-0.4, -0.2) is 26.2 Å². The topological polar surface area (TPSA) is 100 Å². The average Bonchev–Trinajstić information content (AvgIpc) is 3.22. The molecule has 2 aromatic carbocycles. The maximum absolute atomic E-state index is 12.4.